The molecule has 1 aromatic carbocycles. The Morgan fingerprint density at radius 3 is 2.49 bits per heavy atom. The highest BCUT2D eigenvalue weighted by atomic mass is 32.1. The number of hydrogen-bond donors (Lipinski definition) is 4. The summed E-state index contributed by atoms with van der Waals surface area (Å²) in [5.74, 6) is -1.26. The predicted molar refractivity (Wildman–Crippen MR) is 146 cm³/mol. The normalized spacial score (nSPS) is 18.2. The van der Waals surface area contributed by atoms with Crippen molar-refractivity contribution < 1.29 is 29.0 Å². The van der Waals surface area contributed by atoms with Crippen LogP contribution in [0.2, 0.25) is 0 Å². The van der Waals surface area contributed by atoms with Crippen LogP contribution in [0.4, 0.5) is 0 Å². The molecular formula is C28H34N4O6S. The molecule has 0 unspecified atom stereocenters. The highest BCUT2D eigenvalue weighted by molar-refractivity contribution is 7.13. The van der Waals surface area contributed by atoms with E-state index in [1.807, 2.05) is 36.7 Å². The van der Waals surface area contributed by atoms with Crippen LogP contribution in [-0.4, -0.2) is 62.6 Å². The maximum atomic E-state index is 13.7. The number of aliphatic hydroxyl groups excluding tert-OH is 2. The van der Waals surface area contributed by atoms with Crippen LogP contribution in [-0.2, 0) is 22.7 Å². The Hall–Kier alpha value is -3.54. The first-order chi connectivity index (χ1) is 18.5. The van der Waals surface area contributed by atoms with E-state index in [2.05, 4.69) is 15.6 Å². The number of rotatable bonds is 8. The van der Waals surface area contributed by atoms with E-state index in [-0.39, 0.29) is 43.5 Å². The topological polar surface area (TPSA) is 145 Å². The summed E-state index contributed by atoms with van der Waals surface area (Å²) in [5, 5.41) is 25.2. The van der Waals surface area contributed by atoms with Crippen LogP contribution >= 0.6 is 11.3 Å². The SMILES string of the molecule is Cc1ncsc1-c1ccc(CNC(=O)[C@@H]2C[C@@H](O)CN2C(=O)[C@@H](NC(=O)c2ccc(CO)o2)C(C)(C)C)cc1. The molecule has 0 radical (unpaired) electrons. The van der Waals surface area contributed by atoms with Gasteiger partial charge < -0.3 is 30.2 Å². The molecule has 0 aliphatic carbocycles. The van der Waals surface area contributed by atoms with Gasteiger partial charge in [-0.25, -0.2) is 4.98 Å². The number of benzene rings is 1. The Bertz CT molecular complexity index is 1330. The smallest absolute Gasteiger partial charge is 0.287 e. The number of carbonyl (C=O) groups is 3. The number of aromatic nitrogens is 1. The summed E-state index contributed by atoms with van der Waals surface area (Å²) in [5.41, 5.74) is 4.02. The number of aryl methyl sites for hydroxylation is 1. The minimum Gasteiger partial charge on any atom is -0.453 e. The fraction of sp³-hybridized carbons (Fsp3) is 0.429. The van der Waals surface area contributed by atoms with Gasteiger partial charge in [-0.15, -0.1) is 11.3 Å². The molecule has 1 aliphatic rings. The van der Waals surface area contributed by atoms with Gasteiger partial charge in [0.15, 0.2) is 5.76 Å². The van der Waals surface area contributed by atoms with Gasteiger partial charge in [0.05, 0.1) is 22.2 Å². The predicted octanol–water partition coefficient (Wildman–Crippen LogP) is 2.63. The van der Waals surface area contributed by atoms with Crippen LogP contribution < -0.4 is 10.6 Å². The summed E-state index contributed by atoms with van der Waals surface area (Å²) in [6.45, 7) is 7.26. The van der Waals surface area contributed by atoms with E-state index in [1.165, 1.54) is 17.0 Å². The highest BCUT2D eigenvalue weighted by Gasteiger charge is 2.44. The number of nitrogens with one attached hydrogen (secondary N) is 2. The van der Waals surface area contributed by atoms with Crippen molar-refractivity contribution in [3.63, 3.8) is 0 Å². The average molecular weight is 555 g/mol. The molecule has 0 saturated carbocycles. The summed E-state index contributed by atoms with van der Waals surface area (Å²) in [7, 11) is 0. The molecule has 11 heteroatoms. The van der Waals surface area contributed by atoms with E-state index in [4.69, 9.17) is 4.42 Å². The third kappa shape index (κ3) is 6.55. The first-order valence-corrected chi connectivity index (χ1v) is 13.6. The Labute approximate surface area is 231 Å². The maximum absolute atomic E-state index is 13.7. The molecule has 3 atom stereocenters. The lowest BCUT2D eigenvalue weighted by atomic mass is 9.85. The minimum absolute atomic E-state index is 0.0162. The molecule has 208 valence electrons. The Balaban J connectivity index is 1.43. The maximum Gasteiger partial charge on any atom is 0.287 e. The van der Waals surface area contributed by atoms with Gasteiger partial charge in [-0.1, -0.05) is 45.0 Å². The standard InChI is InChI=1S/C28H34N4O6S/c1-16-23(39-15-30-16)18-7-5-17(6-8-18)12-29-25(35)21-11-19(34)13-32(21)27(37)24(28(2,3)4)31-26(36)22-10-9-20(14-33)38-22/h5-10,15,19,21,24,33-34H,11-14H2,1-4H3,(H,29,35)(H,31,36)/t19-,21+,24-/m1/s1. The van der Waals surface area contributed by atoms with Gasteiger partial charge in [-0.05, 0) is 35.6 Å². The van der Waals surface area contributed by atoms with Crippen molar-refractivity contribution in [2.45, 2.75) is 65.5 Å². The molecule has 39 heavy (non-hydrogen) atoms. The fourth-order valence-corrected chi connectivity index (χ4v) is 5.38. The Morgan fingerprint density at radius 2 is 1.90 bits per heavy atom. The van der Waals surface area contributed by atoms with Gasteiger partial charge in [-0.3, -0.25) is 14.4 Å². The zero-order valence-electron chi connectivity index (χ0n) is 22.4. The number of β-amino-alcohol motifs (C(OH)–C–C–N with tert-alkyl or cyclic N) is 1. The molecule has 3 aromatic rings. The second kappa shape index (κ2) is 11.7. The quantitative estimate of drug-likeness (QED) is 0.335. The zero-order chi connectivity index (χ0) is 28.3. The second-order valence-corrected chi connectivity index (χ2v) is 11.6. The molecule has 1 saturated heterocycles. The first kappa shape index (κ1) is 28.5. The summed E-state index contributed by atoms with van der Waals surface area (Å²) >= 11 is 1.57. The molecule has 3 heterocycles. The molecule has 4 N–H and O–H groups in total. The number of thiazole rings is 1. The van der Waals surface area contributed by atoms with E-state index in [0.29, 0.717) is 0 Å². The molecule has 2 aromatic heterocycles. The molecular weight excluding hydrogens is 520 g/mol. The van der Waals surface area contributed by atoms with Crippen LogP contribution in [0, 0.1) is 12.3 Å². The van der Waals surface area contributed by atoms with Crippen molar-refractivity contribution in [2.75, 3.05) is 6.54 Å². The minimum atomic E-state index is -0.990. The van der Waals surface area contributed by atoms with E-state index in [1.54, 1.807) is 32.1 Å². The first-order valence-electron chi connectivity index (χ1n) is 12.7. The third-order valence-electron chi connectivity index (χ3n) is 6.72. The summed E-state index contributed by atoms with van der Waals surface area (Å²) in [6.07, 6.45) is -0.760. The van der Waals surface area contributed by atoms with Crippen LogP contribution in [0.5, 0.6) is 0 Å². The van der Waals surface area contributed by atoms with Crippen molar-refractivity contribution in [3.8, 4) is 10.4 Å². The Kier molecular flexibility index (Phi) is 8.53. The number of aliphatic hydroxyl groups is 2. The Morgan fingerprint density at radius 1 is 1.18 bits per heavy atom. The van der Waals surface area contributed by atoms with Gasteiger partial charge in [0.25, 0.3) is 5.91 Å². The molecule has 4 rings (SSSR count). The lowest BCUT2D eigenvalue weighted by molar-refractivity contribution is -0.142. The van der Waals surface area contributed by atoms with Gasteiger partial charge in [-0.2, -0.15) is 0 Å². The lowest BCUT2D eigenvalue weighted by Gasteiger charge is -2.35. The van der Waals surface area contributed by atoms with Gasteiger partial charge in [0.1, 0.15) is 24.5 Å². The van der Waals surface area contributed by atoms with E-state index < -0.39 is 35.4 Å². The van der Waals surface area contributed by atoms with Crippen molar-refractivity contribution >= 4 is 29.1 Å². The number of likely N-dealkylation sites (tertiary alicyclic amines) is 1. The third-order valence-corrected chi connectivity index (χ3v) is 7.70. The molecule has 0 spiro atoms. The van der Waals surface area contributed by atoms with Crippen LogP contribution in [0.1, 0.15) is 54.8 Å². The lowest BCUT2D eigenvalue weighted by Crippen LogP contribution is -2.57. The number of amides is 3. The largest absolute Gasteiger partial charge is 0.453 e. The number of carbonyl (C=O) groups excluding carboxylic acids is 3. The van der Waals surface area contributed by atoms with Gasteiger partial charge >= 0.3 is 0 Å². The van der Waals surface area contributed by atoms with Crippen LogP contribution in [0.3, 0.4) is 0 Å². The van der Waals surface area contributed by atoms with E-state index >= 15 is 0 Å². The van der Waals surface area contributed by atoms with Crippen LogP contribution in [0.25, 0.3) is 10.4 Å². The summed E-state index contributed by atoms with van der Waals surface area (Å²) in [4.78, 5) is 46.4. The number of nitrogens with zero attached hydrogens (tertiary/aromatic N) is 2. The van der Waals surface area contributed by atoms with Crippen molar-refractivity contribution in [3.05, 3.63) is 64.7 Å². The molecule has 1 aliphatic heterocycles. The summed E-state index contributed by atoms with van der Waals surface area (Å²) < 4.78 is 5.30. The van der Waals surface area contributed by atoms with Gasteiger partial charge in [0, 0.05) is 19.5 Å². The number of hydrogen-bond acceptors (Lipinski definition) is 8. The highest BCUT2D eigenvalue weighted by Crippen LogP contribution is 2.28. The summed E-state index contributed by atoms with van der Waals surface area (Å²) in [6, 6.07) is 8.87. The van der Waals surface area contributed by atoms with E-state index in [0.717, 1.165) is 21.7 Å². The fourth-order valence-electron chi connectivity index (χ4n) is 4.57. The van der Waals surface area contributed by atoms with Crippen molar-refractivity contribution in [1.29, 1.82) is 0 Å². The molecule has 10 nitrogen and oxygen atoms in total. The second-order valence-electron chi connectivity index (χ2n) is 10.8. The average Bonchev–Trinajstić information content (AvgIpc) is 3.64. The van der Waals surface area contributed by atoms with Crippen LogP contribution in [0.15, 0.2) is 46.3 Å². The zero-order valence-corrected chi connectivity index (χ0v) is 23.2. The molecule has 0 bridgehead atoms. The van der Waals surface area contributed by atoms with Gasteiger partial charge in [0.2, 0.25) is 11.8 Å². The van der Waals surface area contributed by atoms with Crippen molar-refractivity contribution in [2.24, 2.45) is 5.41 Å². The molecule has 1 fully saturated rings. The molecule has 3 amide bonds. The van der Waals surface area contributed by atoms with Crippen molar-refractivity contribution in [1.82, 2.24) is 20.5 Å². The monoisotopic (exact) mass is 554 g/mol. The van der Waals surface area contributed by atoms with E-state index in [9.17, 15) is 24.6 Å². The number of furan rings is 1.